The van der Waals surface area contributed by atoms with Gasteiger partial charge >= 0.3 is 5.97 Å². The molecule has 4 nitrogen and oxygen atoms in total. The van der Waals surface area contributed by atoms with Crippen LogP contribution in [0, 0.1) is 0 Å². The molecule has 0 aromatic heterocycles. The topological polar surface area (TPSA) is 44.8 Å². The molecule has 0 spiro atoms. The standard InChI is InChI=1S/C30H28O4/c1-2-26-18-27(32-20-23-12-6-3-7-13-23)19-28(33-21-24-14-8-4-9-15-24)29(26)30(31)34-22-25-16-10-5-11-17-25/h3-19H,2,20-22H2,1H3. The molecule has 4 heteroatoms. The number of carbonyl (C=O) groups excluding carboxylic acids is 1. The molecule has 0 heterocycles. The zero-order valence-electron chi connectivity index (χ0n) is 19.3. The van der Waals surface area contributed by atoms with Crippen molar-refractivity contribution in [2.45, 2.75) is 33.2 Å². The summed E-state index contributed by atoms with van der Waals surface area (Å²) >= 11 is 0. The number of ether oxygens (including phenoxy) is 3. The van der Waals surface area contributed by atoms with Crippen LogP contribution in [0.25, 0.3) is 0 Å². The van der Waals surface area contributed by atoms with E-state index >= 15 is 0 Å². The van der Waals surface area contributed by atoms with Gasteiger partial charge in [0.25, 0.3) is 0 Å². The first-order valence-electron chi connectivity index (χ1n) is 11.4. The Balaban J connectivity index is 1.59. The van der Waals surface area contributed by atoms with Crippen molar-refractivity contribution >= 4 is 5.97 Å². The lowest BCUT2D eigenvalue weighted by molar-refractivity contribution is 0.0466. The van der Waals surface area contributed by atoms with E-state index in [4.69, 9.17) is 14.2 Å². The molecule has 0 aliphatic heterocycles. The number of aryl methyl sites for hydroxylation is 1. The van der Waals surface area contributed by atoms with E-state index in [0.717, 1.165) is 22.3 Å². The van der Waals surface area contributed by atoms with Crippen LogP contribution >= 0.6 is 0 Å². The van der Waals surface area contributed by atoms with Gasteiger partial charge in [0.1, 0.15) is 36.9 Å². The highest BCUT2D eigenvalue weighted by Gasteiger charge is 2.21. The van der Waals surface area contributed by atoms with E-state index in [1.54, 1.807) is 6.07 Å². The maximum atomic E-state index is 13.2. The number of benzene rings is 4. The maximum absolute atomic E-state index is 13.2. The largest absolute Gasteiger partial charge is 0.489 e. The molecule has 0 aliphatic carbocycles. The molecule has 0 saturated carbocycles. The monoisotopic (exact) mass is 452 g/mol. The van der Waals surface area contributed by atoms with E-state index in [2.05, 4.69) is 0 Å². The van der Waals surface area contributed by atoms with E-state index in [-0.39, 0.29) is 6.61 Å². The number of esters is 1. The van der Waals surface area contributed by atoms with Crippen molar-refractivity contribution in [1.29, 1.82) is 0 Å². The molecule has 0 fully saturated rings. The summed E-state index contributed by atoms with van der Waals surface area (Å²) in [7, 11) is 0. The predicted octanol–water partition coefficient (Wildman–Crippen LogP) is 6.76. The molecule has 0 bridgehead atoms. The zero-order chi connectivity index (χ0) is 23.6. The van der Waals surface area contributed by atoms with E-state index in [1.807, 2.05) is 104 Å². The smallest absolute Gasteiger partial charge is 0.342 e. The molecule has 34 heavy (non-hydrogen) atoms. The summed E-state index contributed by atoms with van der Waals surface area (Å²) < 4.78 is 17.9. The SMILES string of the molecule is CCc1cc(OCc2ccccc2)cc(OCc2ccccc2)c1C(=O)OCc1ccccc1. The normalized spacial score (nSPS) is 10.5. The molecule has 0 saturated heterocycles. The minimum Gasteiger partial charge on any atom is -0.489 e. The summed E-state index contributed by atoms with van der Waals surface area (Å²) in [6, 6.07) is 33.2. The Morgan fingerprint density at radius 1 is 0.647 bits per heavy atom. The number of hydrogen-bond donors (Lipinski definition) is 0. The van der Waals surface area contributed by atoms with E-state index < -0.39 is 5.97 Å². The minimum absolute atomic E-state index is 0.202. The van der Waals surface area contributed by atoms with Gasteiger partial charge in [-0.2, -0.15) is 0 Å². The molecule has 0 radical (unpaired) electrons. The summed E-state index contributed by atoms with van der Waals surface area (Å²) in [4.78, 5) is 13.2. The Labute approximate surface area is 200 Å². The summed E-state index contributed by atoms with van der Waals surface area (Å²) in [6.07, 6.45) is 0.639. The molecule has 0 atom stereocenters. The van der Waals surface area contributed by atoms with Gasteiger partial charge in [-0.05, 0) is 34.7 Å². The van der Waals surface area contributed by atoms with Gasteiger partial charge in [0.15, 0.2) is 0 Å². The Hall–Kier alpha value is -4.05. The van der Waals surface area contributed by atoms with Gasteiger partial charge in [-0.25, -0.2) is 4.79 Å². The van der Waals surface area contributed by atoms with E-state index in [0.29, 0.717) is 36.7 Å². The van der Waals surface area contributed by atoms with Crippen molar-refractivity contribution in [3.05, 3.63) is 131 Å². The fourth-order valence-electron chi connectivity index (χ4n) is 3.62. The fourth-order valence-corrected chi connectivity index (χ4v) is 3.62. The molecule has 4 aromatic rings. The first-order chi connectivity index (χ1) is 16.7. The van der Waals surface area contributed by atoms with Crippen molar-refractivity contribution in [1.82, 2.24) is 0 Å². The van der Waals surface area contributed by atoms with Crippen molar-refractivity contribution < 1.29 is 19.0 Å². The number of hydrogen-bond acceptors (Lipinski definition) is 4. The summed E-state index contributed by atoms with van der Waals surface area (Å²) in [6.45, 7) is 2.98. The third kappa shape index (κ3) is 6.26. The average Bonchev–Trinajstić information content (AvgIpc) is 2.90. The summed E-state index contributed by atoms with van der Waals surface area (Å²) in [5.41, 5.74) is 4.29. The summed E-state index contributed by atoms with van der Waals surface area (Å²) in [5, 5.41) is 0. The Bertz CT molecular complexity index is 1190. The second-order valence-corrected chi connectivity index (χ2v) is 7.92. The first kappa shape index (κ1) is 23.1. The van der Waals surface area contributed by atoms with Crippen molar-refractivity contribution in [2.75, 3.05) is 0 Å². The second-order valence-electron chi connectivity index (χ2n) is 7.92. The molecule has 172 valence electrons. The molecular formula is C30H28O4. The molecule has 0 N–H and O–H groups in total. The molecule has 4 aromatic carbocycles. The number of rotatable bonds is 10. The summed E-state index contributed by atoms with van der Waals surface area (Å²) in [5.74, 6) is 0.714. The van der Waals surface area contributed by atoms with Crippen LogP contribution in [0.2, 0.25) is 0 Å². The Morgan fingerprint density at radius 2 is 1.15 bits per heavy atom. The van der Waals surface area contributed by atoms with Crippen LogP contribution in [0.3, 0.4) is 0 Å². The molecule has 0 aliphatic rings. The third-order valence-electron chi connectivity index (χ3n) is 5.44. The van der Waals surface area contributed by atoms with Crippen LogP contribution in [0.1, 0.15) is 39.5 Å². The highest BCUT2D eigenvalue weighted by atomic mass is 16.5. The van der Waals surface area contributed by atoms with E-state index in [1.165, 1.54) is 0 Å². The minimum atomic E-state index is -0.404. The van der Waals surface area contributed by atoms with Crippen molar-refractivity contribution in [2.24, 2.45) is 0 Å². The van der Waals surface area contributed by atoms with Gasteiger partial charge in [-0.3, -0.25) is 0 Å². The quantitative estimate of drug-likeness (QED) is 0.249. The fraction of sp³-hybridized carbons (Fsp3) is 0.167. The average molecular weight is 453 g/mol. The predicted molar refractivity (Wildman–Crippen MR) is 133 cm³/mol. The van der Waals surface area contributed by atoms with Gasteiger partial charge in [0, 0.05) is 6.07 Å². The molecular weight excluding hydrogens is 424 g/mol. The van der Waals surface area contributed by atoms with Crippen LogP contribution in [-0.4, -0.2) is 5.97 Å². The van der Waals surface area contributed by atoms with Crippen LogP contribution in [-0.2, 0) is 31.0 Å². The van der Waals surface area contributed by atoms with Crippen LogP contribution in [0.15, 0.2) is 103 Å². The lowest BCUT2D eigenvalue weighted by Crippen LogP contribution is -2.12. The number of carbonyl (C=O) groups is 1. The molecule has 4 rings (SSSR count). The van der Waals surface area contributed by atoms with Crippen LogP contribution in [0.5, 0.6) is 11.5 Å². The van der Waals surface area contributed by atoms with E-state index in [9.17, 15) is 4.79 Å². The first-order valence-corrected chi connectivity index (χ1v) is 11.4. The van der Waals surface area contributed by atoms with Crippen molar-refractivity contribution in [3.8, 4) is 11.5 Å². The molecule has 0 amide bonds. The highest BCUT2D eigenvalue weighted by molar-refractivity contribution is 5.94. The Morgan fingerprint density at radius 3 is 1.68 bits per heavy atom. The lowest BCUT2D eigenvalue weighted by Gasteiger charge is -2.17. The van der Waals surface area contributed by atoms with Crippen molar-refractivity contribution in [3.63, 3.8) is 0 Å². The third-order valence-corrected chi connectivity index (χ3v) is 5.44. The van der Waals surface area contributed by atoms with Gasteiger partial charge < -0.3 is 14.2 Å². The van der Waals surface area contributed by atoms with Gasteiger partial charge in [0.05, 0.1) is 0 Å². The van der Waals surface area contributed by atoms with Crippen LogP contribution < -0.4 is 9.47 Å². The highest BCUT2D eigenvalue weighted by Crippen LogP contribution is 2.32. The van der Waals surface area contributed by atoms with Gasteiger partial charge in [-0.15, -0.1) is 0 Å². The van der Waals surface area contributed by atoms with Gasteiger partial charge in [0.2, 0.25) is 0 Å². The Kier molecular flexibility index (Phi) is 7.96. The maximum Gasteiger partial charge on any atom is 0.342 e. The lowest BCUT2D eigenvalue weighted by atomic mass is 10.0. The zero-order valence-corrected chi connectivity index (χ0v) is 19.3. The molecule has 0 unspecified atom stereocenters. The van der Waals surface area contributed by atoms with Crippen LogP contribution in [0.4, 0.5) is 0 Å². The van der Waals surface area contributed by atoms with Gasteiger partial charge in [-0.1, -0.05) is 97.9 Å². The second kappa shape index (κ2) is 11.7.